The second-order valence-electron chi connectivity index (χ2n) is 5.10. The zero-order chi connectivity index (χ0) is 15.4. The Labute approximate surface area is 123 Å². The van der Waals surface area contributed by atoms with E-state index >= 15 is 0 Å². The summed E-state index contributed by atoms with van der Waals surface area (Å²) in [6, 6.07) is 7.82. The third-order valence-corrected chi connectivity index (χ3v) is 3.43. The molecule has 7 nitrogen and oxygen atoms in total. The molecule has 1 unspecified atom stereocenters. The summed E-state index contributed by atoms with van der Waals surface area (Å²) in [5.74, 6) is 0.415. The summed E-state index contributed by atoms with van der Waals surface area (Å²) in [5, 5.41) is 12.1. The molecule has 1 amide bonds. The van der Waals surface area contributed by atoms with E-state index in [4.69, 9.17) is 5.73 Å². The first-order valence-corrected chi connectivity index (χ1v) is 6.82. The van der Waals surface area contributed by atoms with Crippen molar-refractivity contribution < 1.29 is 4.79 Å². The number of carbonyl (C=O) groups is 1. The molecule has 2 N–H and O–H groups in total. The molecule has 21 heavy (non-hydrogen) atoms. The molecule has 0 spiro atoms. The second-order valence-corrected chi connectivity index (χ2v) is 5.10. The molecule has 1 atom stereocenters. The van der Waals surface area contributed by atoms with Gasteiger partial charge in [-0.3, -0.25) is 4.79 Å². The molecular weight excluding hydrogens is 268 g/mol. The van der Waals surface area contributed by atoms with Crippen LogP contribution in [0.3, 0.4) is 0 Å². The van der Waals surface area contributed by atoms with Crippen molar-refractivity contribution in [3.8, 4) is 11.4 Å². The largest absolute Gasteiger partial charge is 0.340 e. The first kappa shape index (κ1) is 15.1. The topological polar surface area (TPSA) is 89.9 Å². The maximum atomic E-state index is 12.0. The molecule has 0 saturated heterocycles. The van der Waals surface area contributed by atoms with Crippen LogP contribution in [-0.2, 0) is 11.3 Å². The van der Waals surface area contributed by atoms with Crippen LogP contribution in [0.1, 0.15) is 12.5 Å². The van der Waals surface area contributed by atoms with Crippen LogP contribution in [0.5, 0.6) is 0 Å². The first-order chi connectivity index (χ1) is 10.0. The van der Waals surface area contributed by atoms with E-state index in [0.29, 0.717) is 12.4 Å². The summed E-state index contributed by atoms with van der Waals surface area (Å²) in [4.78, 5) is 14.9. The van der Waals surface area contributed by atoms with Crippen LogP contribution in [0.25, 0.3) is 11.4 Å². The summed E-state index contributed by atoms with van der Waals surface area (Å²) in [5.41, 5.74) is 7.60. The fraction of sp³-hybridized carbons (Fsp3) is 0.429. The normalized spacial score (nSPS) is 12.2. The molecule has 0 radical (unpaired) electrons. The average molecular weight is 288 g/mol. The molecule has 0 bridgehead atoms. The summed E-state index contributed by atoms with van der Waals surface area (Å²) in [7, 11) is 1.72. The van der Waals surface area contributed by atoms with Crippen LogP contribution in [0.15, 0.2) is 24.3 Å². The summed E-state index contributed by atoms with van der Waals surface area (Å²) in [6.07, 6.45) is 0. The molecule has 0 aliphatic carbocycles. The van der Waals surface area contributed by atoms with Crippen LogP contribution < -0.4 is 5.73 Å². The van der Waals surface area contributed by atoms with Crippen molar-refractivity contribution >= 4 is 5.91 Å². The minimum absolute atomic E-state index is 0.0161. The second kappa shape index (κ2) is 6.45. The standard InChI is InChI=1S/C14H20N6O/c1-10-4-6-12(7-5-10)14-16-18-20(17-14)9-13(21)19(3)11(2)8-15/h4-7,11H,8-9,15H2,1-3H3. The van der Waals surface area contributed by atoms with E-state index in [1.807, 2.05) is 38.1 Å². The van der Waals surface area contributed by atoms with Crippen molar-refractivity contribution in [2.24, 2.45) is 5.73 Å². The molecule has 1 heterocycles. The lowest BCUT2D eigenvalue weighted by Crippen LogP contribution is -2.41. The van der Waals surface area contributed by atoms with Crippen LogP contribution in [0, 0.1) is 6.92 Å². The van der Waals surface area contributed by atoms with Gasteiger partial charge in [0.15, 0.2) is 0 Å². The van der Waals surface area contributed by atoms with E-state index in [2.05, 4.69) is 15.4 Å². The molecule has 0 fully saturated rings. The van der Waals surface area contributed by atoms with E-state index in [0.717, 1.165) is 5.56 Å². The lowest BCUT2D eigenvalue weighted by Gasteiger charge is -2.23. The van der Waals surface area contributed by atoms with Gasteiger partial charge >= 0.3 is 0 Å². The Morgan fingerprint density at radius 3 is 2.67 bits per heavy atom. The van der Waals surface area contributed by atoms with Crippen LogP contribution in [0.2, 0.25) is 0 Å². The molecule has 0 saturated carbocycles. The molecule has 2 aromatic rings. The highest BCUT2D eigenvalue weighted by Gasteiger charge is 2.16. The molecule has 1 aromatic carbocycles. The van der Waals surface area contributed by atoms with E-state index < -0.39 is 0 Å². The minimum atomic E-state index is -0.0965. The number of carbonyl (C=O) groups excluding carboxylic acids is 1. The van der Waals surface area contributed by atoms with Crippen LogP contribution in [0.4, 0.5) is 0 Å². The third kappa shape index (κ3) is 3.63. The molecule has 1 aromatic heterocycles. The van der Waals surface area contributed by atoms with Gasteiger partial charge in [0.2, 0.25) is 11.7 Å². The van der Waals surface area contributed by atoms with Crippen molar-refractivity contribution in [3.05, 3.63) is 29.8 Å². The van der Waals surface area contributed by atoms with E-state index in [-0.39, 0.29) is 18.5 Å². The van der Waals surface area contributed by atoms with E-state index in [1.54, 1.807) is 11.9 Å². The smallest absolute Gasteiger partial charge is 0.246 e. The monoisotopic (exact) mass is 288 g/mol. The van der Waals surface area contributed by atoms with E-state index in [9.17, 15) is 4.79 Å². The van der Waals surface area contributed by atoms with Crippen LogP contribution in [-0.4, -0.2) is 50.6 Å². The van der Waals surface area contributed by atoms with Crippen molar-refractivity contribution in [1.29, 1.82) is 0 Å². The Morgan fingerprint density at radius 1 is 1.38 bits per heavy atom. The number of amides is 1. The van der Waals surface area contributed by atoms with E-state index in [1.165, 1.54) is 10.4 Å². The van der Waals surface area contributed by atoms with Gasteiger partial charge in [0.1, 0.15) is 6.54 Å². The highest BCUT2D eigenvalue weighted by molar-refractivity contribution is 5.75. The summed E-state index contributed by atoms with van der Waals surface area (Å²) >= 11 is 0. The average Bonchev–Trinajstić information content (AvgIpc) is 2.94. The molecule has 7 heteroatoms. The lowest BCUT2D eigenvalue weighted by atomic mass is 10.1. The molecule has 112 valence electrons. The van der Waals surface area contributed by atoms with Crippen LogP contribution >= 0.6 is 0 Å². The highest BCUT2D eigenvalue weighted by Crippen LogP contribution is 2.13. The minimum Gasteiger partial charge on any atom is -0.340 e. The fourth-order valence-electron chi connectivity index (χ4n) is 1.76. The van der Waals surface area contributed by atoms with Gasteiger partial charge in [-0.2, -0.15) is 4.80 Å². The number of aryl methyl sites for hydroxylation is 1. The van der Waals surface area contributed by atoms with Gasteiger partial charge in [0.05, 0.1) is 0 Å². The Bertz CT molecular complexity index is 606. The number of nitrogens with zero attached hydrogens (tertiary/aromatic N) is 5. The maximum Gasteiger partial charge on any atom is 0.246 e. The lowest BCUT2D eigenvalue weighted by molar-refractivity contribution is -0.132. The Hall–Kier alpha value is -2.28. The van der Waals surface area contributed by atoms with Crippen molar-refractivity contribution in [2.45, 2.75) is 26.4 Å². The first-order valence-electron chi connectivity index (χ1n) is 6.82. The SMILES string of the molecule is Cc1ccc(-c2nnn(CC(=O)N(C)C(C)CN)n2)cc1. The predicted octanol–water partition coefficient (Wildman–Crippen LogP) is 0.454. The fourth-order valence-corrected chi connectivity index (χ4v) is 1.76. The van der Waals surface area contributed by atoms with Crippen molar-refractivity contribution in [3.63, 3.8) is 0 Å². The number of hydrogen-bond donors (Lipinski definition) is 1. The Morgan fingerprint density at radius 2 is 2.05 bits per heavy atom. The van der Waals surface area contributed by atoms with Gasteiger partial charge in [0.25, 0.3) is 0 Å². The van der Waals surface area contributed by atoms with Gasteiger partial charge < -0.3 is 10.6 Å². The highest BCUT2D eigenvalue weighted by atomic mass is 16.2. The van der Waals surface area contributed by atoms with Gasteiger partial charge in [-0.1, -0.05) is 29.8 Å². The molecule has 0 aliphatic heterocycles. The number of rotatable bonds is 5. The summed E-state index contributed by atoms with van der Waals surface area (Å²) < 4.78 is 0. The molecule has 0 aliphatic rings. The number of likely N-dealkylation sites (N-methyl/N-ethyl adjacent to an activating group) is 1. The maximum absolute atomic E-state index is 12.0. The van der Waals surface area contributed by atoms with Crippen molar-refractivity contribution in [1.82, 2.24) is 25.1 Å². The summed E-state index contributed by atoms with van der Waals surface area (Å²) in [6.45, 7) is 4.38. The third-order valence-electron chi connectivity index (χ3n) is 3.43. The van der Waals surface area contributed by atoms with Gasteiger partial charge in [-0.15, -0.1) is 10.2 Å². The number of benzene rings is 1. The van der Waals surface area contributed by atoms with Crippen molar-refractivity contribution in [2.75, 3.05) is 13.6 Å². The molecule has 2 rings (SSSR count). The zero-order valence-corrected chi connectivity index (χ0v) is 12.5. The number of aromatic nitrogens is 4. The number of hydrogen-bond acceptors (Lipinski definition) is 5. The number of tetrazole rings is 1. The van der Waals surface area contributed by atoms with Gasteiger partial charge in [-0.25, -0.2) is 0 Å². The van der Waals surface area contributed by atoms with Gasteiger partial charge in [0, 0.05) is 25.2 Å². The molecular formula is C14H20N6O. The Balaban J connectivity index is 2.06. The van der Waals surface area contributed by atoms with Gasteiger partial charge in [-0.05, 0) is 19.1 Å². The Kier molecular flexibility index (Phi) is 4.64. The predicted molar refractivity (Wildman–Crippen MR) is 79.3 cm³/mol. The number of nitrogens with two attached hydrogens (primary N) is 1. The zero-order valence-electron chi connectivity index (χ0n) is 12.5. The quantitative estimate of drug-likeness (QED) is 0.863.